The summed E-state index contributed by atoms with van der Waals surface area (Å²) in [7, 11) is -3.59. The number of hydrogen-bond acceptors (Lipinski definition) is 5. The molecule has 0 atom stereocenters. The van der Waals surface area contributed by atoms with Gasteiger partial charge in [-0.1, -0.05) is 17.7 Å². The predicted octanol–water partition coefficient (Wildman–Crippen LogP) is 2.43. The monoisotopic (exact) mass is 382 g/mol. The topological polar surface area (TPSA) is 70.8 Å². The van der Waals surface area contributed by atoms with Gasteiger partial charge in [0.25, 0.3) is 0 Å². The van der Waals surface area contributed by atoms with Crippen LogP contribution >= 0.6 is 11.6 Å². The molecule has 1 aromatic carbocycles. The smallest absolute Gasteiger partial charge is 0.243 e. The number of carbonyl (C=O) groups is 1. The van der Waals surface area contributed by atoms with Crippen LogP contribution in [0, 0.1) is 6.92 Å². The number of benzene rings is 1. The van der Waals surface area contributed by atoms with Crippen LogP contribution in [0.3, 0.4) is 0 Å². The van der Waals surface area contributed by atoms with Gasteiger partial charge in [-0.15, -0.1) is 0 Å². The third kappa shape index (κ3) is 3.79. The van der Waals surface area contributed by atoms with Gasteiger partial charge >= 0.3 is 0 Å². The normalized spacial score (nSPS) is 16.9. The van der Waals surface area contributed by atoms with Crippen LogP contribution in [0.1, 0.15) is 16.1 Å². The Morgan fingerprint density at radius 1 is 1.16 bits per heavy atom. The molecule has 1 fully saturated rings. The van der Waals surface area contributed by atoms with E-state index in [1.807, 2.05) is 4.90 Å². The average molecular weight is 383 g/mol. The van der Waals surface area contributed by atoms with Crippen molar-refractivity contribution in [1.82, 2.24) is 9.21 Å². The molecule has 0 bridgehead atoms. The van der Waals surface area contributed by atoms with E-state index in [0.29, 0.717) is 42.5 Å². The minimum atomic E-state index is -3.59. The molecule has 8 heteroatoms. The van der Waals surface area contributed by atoms with Gasteiger partial charge in [-0.25, -0.2) is 8.42 Å². The highest BCUT2D eigenvalue weighted by Crippen LogP contribution is 2.26. The molecular weight excluding hydrogens is 364 g/mol. The zero-order chi connectivity index (χ0) is 18.0. The molecule has 25 heavy (non-hydrogen) atoms. The number of hydrogen-bond donors (Lipinski definition) is 0. The van der Waals surface area contributed by atoms with E-state index in [-0.39, 0.29) is 17.2 Å². The predicted molar refractivity (Wildman–Crippen MR) is 94.4 cm³/mol. The fourth-order valence-corrected chi connectivity index (χ4v) is 4.75. The molecule has 134 valence electrons. The van der Waals surface area contributed by atoms with Crippen LogP contribution in [0.4, 0.5) is 0 Å². The molecule has 6 nitrogen and oxygen atoms in total. The van der Waals surface area contributed by atoms with Crippen molar-refractivity contribution in [3.05, 3.63) is 52.9 Å². The highest BCUT2D eigenvalue weighted by atomic mass is 35.5. The van der Waals surface area contributed by atoms with Gasteiger partial charge in [-0.2, -0.15) is 4.31 Å². The van der Waals surface area contributed by atoms with Gasteiger partial charge in [0, 0.05) is 31.2 Å². The largest absolute Gasteiger partial charge is 0.461 e. The SMILES string of the molecule is Cc1c(Cl)cccc1S(=O)(=O)N1CCN(CC(=O)c2ccco2)CC1. The van der Waals surface area contributed by atoms with Crippen LogP contribution in [0.2, 0.25) is 5.02 Å². The molecule has 1 aromatic heterocycles. The van der Waals surface area contributed by atoms with Gasteiger partial charge < -0.3 is 4.42 Å². The fourth-order valence-electron chi connectivity index (χ4n) is 2.85. The molecule has 0 saturated carbocycles. The molecule has 0 spiro atoms. The molecule has 1 aliphatic heterocycles. The number of halogens is 1. The van der Waals surface area contributed by atoms with Crippen LogP contribution in [0.5, 0.6) is 0 Å². The van der Waals surface area contributed by atoms with Gasteiger partial charge in [-0.05, 0) is 36.8 Å². The second kappa shape index (κ2) is 7.29. The summed E-state index contributed by atoms with van der Waals surface area (Å²) < 4.78 is 32.2. The maximum Gasteiger partial charge on any atom is 0.243 e. The highest BCUT2D eigenvalue weighted by Gasteiger charge is 2.30. The molecule has 2 aromatic rings. The van der Waals surface area contributed by atoms with Crippen molar-refractivity contribution in [3.63, 3.8) is 0 Å². The van der Waals surface area contributed by atoms with Gasteiger partial charge in [0.05, 0.1) is 17.7 Å². The Kier molecular flexibility index (Phi) is 5.29. The van der Waals surface area contributed by atoms with E-state index in [1.165, 1.54) is 10.6 Å². The summed E-state index contributed by atoms with van der Waals surface area (Å²) in [5, 5.41) is 0.434. The van der Waals surface area contributed by atoms with Crippen LogP contribution in [-0.2, 0) is 10.0 Å². The number of piperazine rings is 1. The first-order valence-corrected chi connectivity index (χ1v) is 9.76. The maximum atomic E-state index is 12.8. The zero-order valence-electron chi connectivity index (χ0n) is 13.8. The summed E-state index contributed by atoms with van der Waals surface area (Å²) in [4.78, 5) is 14.2. The fraction of sp³-hybridized carbons (Fsp3) is 0.353. The lowest BCUT2D eigenvalue weighted by atomic mass is 10.2. The van der Waals surface area contributed by atoms with E-state index in [4.69, 9.17) is 16.0 Å². The van der Waals surface area contributed by atoms with Crippen LogP contribution in [-0.4, -0.2) is 56.1 Å². The Balaban J connectivity index is 1.65. The molecule has 0 amide bonds. The van der Waals surface area contributed by atoms with Crippen molar-refractivity contribution in [2.75, 3.05) is 32.7 Å². The standard InChI is InChI=1S/C17H19ClN2O4S/c1-13-14(18)4-2-6-17(13)25(22,23)20-9-7-19(8-10-20)12-15(21)16-5-3-11-24-16/h2-6,11H,7-10,12H2,1H3. The second-order valence-corrected chi connectivity index (χ2v) is 8.26. The summed E-state index contributed by atoms with van der Waals surface area (Å²) in [5.41, 5.74) is 0.555. The molecular formula is C17H19ClN2O4S. The summed E-state index contributed by atoms with van der Waals surface area (Å²) in [5.74, 6) is 0.219. The summed E-state index contributed by atoms with van der Waals surface area (Å²) in [6.07, 6.45) is 1.46. The second-order valence-electron chi connectivity index (χ2n) is 5.94. The van der Waals surface area contributed by atoms with Crippen molar-refractivity contribution in [3.8, 4) is 0 Å². The molecule has 0 N–H and O–H groups in total. The third-order valence-corrected chi connectivity index (χ3v) is 6.78. The van der Waals surface area contributed by atoms with Crippen molar-refractivity contribution in [2.24, 2.45) is 0 Å². The van der Waals surface area contributed by atoms with E-state index in [9.17, 15) is 13.2 Å². The lowest BCUT2D eigenvalue weighted by molar-refractivity contribution is 0.0874. The van der Waals surface area contributed by atoms with Crippen LogP contribution < -0.4 is 0 Å². The molecule has 2 heterocycles. The Bertz CT molecular complexity index is 857. The number of nitrogens with zero attached hydrogens (tertiary/aromatic N) is 2. The first kappa shape index (κ1) is 18.1. The van der Waals surface area contributed by atoms with Gasteiger partial charge in [0.2, 0.25) is 15.8 Å². The molecule has 0 aliphatic carbocycles. The minimum Gasteiger partial charge on any atom is -0.461 e. The number of sulfonamides is 1. The number of furan rings is 1. The van der Waals surface area contributed by atoms with Gasteiger partial charge in [-0.3, -0.25) is 9.69 Å². The maximum absolute atomic E-state index is 12.8. The lowest BCUT2D eigenvalue weighted by Crippen LogP contribution is -2.49. The van der Waals surface area contributed by atoms with E-state index < -0.39 is 10.0 Å². The third-order valence-electron chi connectivity index (χ3n) is 4.33. The van der Waals surface area contributed by atoms with Crippen molar-refractivity contribution < 1.29 is 17.6 Å². The van der Waals surface area contributed by atoms with E-state index in [2.05, 4.69) is 0 Å². The number of carbonyl (C=O) groups excluding carboxylic acids is 1. The van der Waals surface area contributed by atoms with Crippen LogP contribution in [0.25, 0.3) is 0 Å². The van der Waals surface area contributed by atoms with E-state index >= 15 is 0 Å². The number of Topliss-reactive ketones (excluding diaryl/α,β-unsaturated/α-hetero) is 1. The summed E-state index contributed by atoms with van der Waals surface area (Å²) >= 11 is 6.05. The minimum absolute atomic E-state index is 0.105. The van der Waals surface area contributed by atoms with Crippen molar-refractivity contribution in [1.29, 1.82) is 0 Å². The quantitative estimate of drug-likeness (QED) is 0.743. The average Bonchev–Trinajstić information content (AvgIpc) is 3.12. The Hall–Kier alpha value is -1.67. The number of ketones is 1. The molecule has 3 rings (SSSR count). The Labute approximate surface area is 152 Å². The van der Waals surface area contributed by atoms with Crippen molar-refractivity contribution >= 4 is 27.4 Å². The Morgan fingerprint density at radius 2 is 1.88 bits per heavy atom. The van der Waals surface area contributed by atoms with E-state index in [1.54, 1.807) is 37.3 Å². The van der Waals surface area contributed by atoms with Gasteiger partial charge in [0.15, 0.2) is 5.76 Å². The highest BCUT2D eigenvalue weighted by molar-refractivity contribution is 7.89. The zero-order valence-corrected chi connectivity index (χ0v) is 15.4. The van der Waals surface area contributed by atoms with Crippen molar-refractivity contribution in [2.45, 2.75) is 11.8 Å². The molecule has 1 saturated heterocycles. The van der Waals surface area contributed by atoms with Gasteiger partial charge in [0.1, 0.15) is 0 Å². The first-order chi connectivity index (χ1) is 11.9. The molecule has 0 unspecified atom stereocenters. The molecule has 1 aliphatic rings. The molecule has 0 radical (unpaired) electrons. The lowest BCUT2D eigenvalue weighted by Gasteiger charge is -2.33. The summed E-state index contributed by atoms with van der Waals surface area (Å²) in [6, 6.07) is 8.19. The van der Waals surface area contributed by atoms with Crippen LogP contribution in [0.15, 0.2) is 45.9 Å². The van der Waals surface area contributed by atoms with E-state index in [0.717, 1.165) is 0 Å². The summed E-state index contributed by atoms with van der Waals surface area (Å²) in [6.45, 7) is 3.57. The first-order valence-electron chi connectivity index (χ1n) is 7.94. The number of rotatable bonds is 5. The Morgan fingerprint density at radius 3 is 2.52 bits per heavy atom.